The molecule has 0 unspecified atom stereocenters. The summed E-state index contributed by atoms with van der Waals surface area (Å²) in [6.07, 6.45) is 0. The van der Waals surface area contributed by atoms with Gasteiger partial charge >= 0.3 is 0 Å². The molecule has 17 heavy (non-hydrogen) atoms. The third-order valence-corrected chi connectivity index (χ3v) is 3.69. The van der Waals surface area contributed by atoms with Gasteiger partial charge in [0.2, 0.25) is 0 Å². The number of hydrogen-bond donors (Lipinski definition) is 0. The first-order valence-corrected chi connectivity index (χ1v) is 6.78. The van der Waals surface area contributed by atoms with E-state index in [0.717, 1.165) is 4.90 Å². The minimum Gasteiger partial charge on any atom is -0.254 e. The Labute approximate surface area is 107 Å². The van der Waals surface area contributed by atoms with Gasteiger partial charge in [-0.1, -0.05) is 29.8 Å². The van der Waals surface area contributed by atoms with Crippen molar-refractivity contribution in [3.05, 3.63) is 53.1 Å². The van der Waals surface area contributed by atoms with Gasteiger partial charge in [0, 0.05) is 4.90 Å². The zero-order chi connectivity index (χ0) is 12.3. The van der Waals surface area contributed by atoms with Crippen LogP contribution in [0.1, 0.15) is 11.5 Å². The first-order valence-electron chi connectivity index (χ1n) is 5.08. The van der Waals surface area contributed by atoms with Crippen LogP contribution < -0.4 is 0 Å². The van der Waals surface area contributed by atoms with Gasteiger partial charge in [-0.15, -0.1) is 0 Å². The van der Waals surface area contributed by atoms with E-state index < -0.39 is 10.8 Å². The summed E-state index contributed by atoms with van der Waals surface area (Å²) >= 11 is 5.83. The second-order valence-electron chi connectivity index (χ2n) is 3.53. The molecule has 1 aromatic carbocycles. The molecule has 88 valence electrons. The van der Waals surface area contributed by atoms with Crippen molar-refractivity contribution in [2.75, 3.05) is 0 Å². The molecule has 0 aliphatic rings. The number of aromatic nitrogens is 2. The zero-order valence-electron chi connectivity index (χ0n) is 9.26. The molecule has 0 saturated carbocycles. The molecule has 0 aliphatic heterocycles. The molecule has 0 amide bonds. The van der Waals surface area contributed by atoms with E-state index in [9.17, 15) is 4.21 Å². The van der Waals surface area contributed by atoms with Crippen molar-refractivity contribution in [3.63, 3.8) is 0 Å². The lowest BCUT2D eigenvalue weighted by atomic mass is 10.4. The molecule has 0 fully saturated rings. The Kier molecular flexibility index (Phi) is 3.86. The van der Waals surface area contributed by atoms with Crippen LogP contribution in [0.25, 0.3) is 0 Å². The lowest BCUT2D eigenvalue weighted by Gasteiger charge is -2.03. The predicted molar refractivity (Wildman–Crippen MR) is 68.3 cm³/mol. The average molecular weight is 267 g/mol. The summed E-state index contributed by atoms with van der Waals surface area (Å²) in [6.45, 7) is 1.76. The van der Waals surface area contributed by atoms with E-state index in [1.807, 2.05) is 30.3 Å². The van der Waals surface area contributed by atoms with Gasteiger partial charge < -0.3 is 0 Å². The van der Waals surface area contributed by atoms with Gasteiger partial charge in [-0.2, -0.15) is 0 Å². The summed E-state index contributed by atoms with van der Waals surface area (Å²) in [7, 11) is -1.10. The minimum absolute atomic E-state index is 0.354. The van der Waals surface area contributed by atoms with Gasteiger partial charge in [0.05, 0.1) is 22.2 Å². The number of nitrogens with zero attached hydrogens (tertiary/aromatic N) is 2. The summed E-state index contributed by atoms with van der Waals surface area (Å²) in [6, 6.07) is 11.0. The summed E-state index contributed by atoms with van der Waals surface area (Å²) in [4.78, 5) is 8.97. The molecule has 1 heterocycles. The van der Waals surface area contributed by atoms with Crippen molar-refractivity contribution in [2.24, 2.45) is 0 Å². The fourth-order valence-electron chi connectivity index (χ4n) is 1.45. The van der Waals surface area contributed by atoms with Crippen molar-refractivity contribution >= 4 is 22.4 Å². The van der Waals surface area contributed by atoms with E-state index in [1.165, 1.54) is 0 Å². The van der Waals surface area contributed by atoms with Gasteiger partial charge in [-0.3, -0.25) is 4.21 Å². The summed E-state index contributed by atoms with van der Waals surface area (Å²) in [5.41, 5.74) is 0.699. The van der Waals surface area contributed by atoms with Crippen LogP contribution in [0, 0.1) is 6.92 Å². The number of aryl methyl sites for hydroxylation is 1. The maximum absolute atomic E-state index is 12.0. The molecule has 0 radical (unpaired) electrons. The van der Waals surface area contributed by atoms with E-state index in [2.05, 4.69) is 9.97 Å². The Bertz CT molecular complexity index is 525. The monoisotopic (exact) mass is 266 g/mol. The number of hydrogen-bond acceptors (Lipinski definition) is 3. The van der Waals surface area contributed by atoms with Gasteiger partial charge in [-0.25, -0.2) is 9.97 Å². The standard InChI is InChI=1S/C12H11ClN2OS/c1-9-14-10(7-12(13)15-9)8-17(16)11-5-3-2-4-6-11/h2-7H,8H2,1H3/t17-/m1/s1. The second kappa shape index (κ2) is 5.38. The number of benzene rings is 1. The van der Waals surface area contributed by atoms with Crippen LogP contribution in [0.4, 0.5) is 0 Å². The van der Waals surface area contributed by atoms with Crippen LogP contribution in [0.15, 0.2) is 41.3 Å². The lowest BCUT2D eigenvalue weighted by Crippen LogP contribution is -2.01. The third kappa shape index (κ3) is 3.35. The van der Waals surface area contributed by atoms with Crippen molar-refractivity contribution < 1.29 is 4.21 Å². The fraction of sp³-hybridized carbons (Fsp3) is 0.167. The van der Waals surface area contributed by atoms with E-state index in [0.29, 0.717) is 22.4 Å². The van der Waals surface area contributed by atoms with E-state index >= 15 is 0 Å². The molecule has 0 aliphatic carbocycles. The normalized spacial score (nSPS) is 12.4. The summed E-state index contributed by atoms with van der Waals surface area (Å²) < 4.78 is 12.0. The first-order chi connectivity index (χ1) is 8.15. The SMILES string of the molecule is Cc1nc(Cl)cc(C[S@@](=O)c2ccccc2)n1. The van der Waals surface area contributed by atoms with E-state index in [-0.39, 0.29) is 0 Å². The van der Waals surface area contributed by atoms with Crippen LogP contribution >= 0.6 is 11.6 Å². The topological polar surface area (TPSA) is 42.9 Å². The second-order valence-corrected chi connectivity index (χ2v) is 5.37. The molecule has 2 rings (SSSR count). The molecule has 0 saturated heterocycles. The van der Waals surface area contributed by atoms with E-state index in [4.69, 9.17) is 11.6 Å². The fourth-order valence-corrected chi connectivity index (χ4v) is 2.75. The highest BCUT2D eigenvalue weighted by atomic mass is 35.5. The van der Waals surface area contributed by atoms with Gasteiger partial charge in [-0.05, 0) is 25.1 Å². The Hall–Kier alpha value is -1.26. The van der Waals surface area contributed by atoms with Crippen LogP contribution in [0.5, 0.6) is 0 Å². The number of halogens is 1. The smallest absolute Gasteiger partial charge is 0.133 e. The molecule has 1 atom stereocenters. The Morgan fingerprint density at radius 3 is 2.59 bits per heavy atom. The molecular weight excluding hydrogens is 256 g/mol. The molecule has 1 aromatic heterocycles. The molecule has 0 N–H and O–H groups in total. The highest BCUT2D eigenvalue weighted by Gasteiger charge is 2.07. The highest BCUT2D eigenvalue weighted by molar-refractivity contribution is 7.84. The first kappa shape index (κ1) is 12.2. The Balaban J connectivity index is 2.19. The maximum Gasteiger partial charge on any atom is 0.133 e. The van der Waals surface area contributed by atoms with Crippen molar-refractivity contribution in [3.8, 4) is 0 Å². The van der Waals surface area contributed by atoms with Gasteiger partial charge in [0.25, 0.3) is 0 Å². The minimum atomic E-state index is -1.10. The van der Waals surface area contributed by atoms with Crippen molar-refractivity contribution in [1.82, 2.24) is 9.97 Å². The quantitative estimate of drug-likeness (QED) is 0.803. The lowest BCUT2D eigenvalue weighted by molar-refractivity contribution is 0.682. The van der Waals surface area contributed by atoms with Gasteiger partial charge in [0.1, 0.15) is 11.0 Å². The highest BCUT2D eigenvalue weighted by Crippen LogP contribution is 2.13. The van der Waals surface area contributed by atoms with Crippen molar-refractivity contribution in [2.45, 2.75) is 17.6 Å². The maximum atomic E-state index is 12.0. The summed E-state index contributed by atoms with van der Waals surface area (Å²) in [5.74, 6) is 0.949. The molecule has 0 spiro atoms. The van der Waals surface area contributed by atoms with Crippen LogP contribution in [0.2, 0.25) is 5.15 Å². The third-order valence-electron chi connectivity index (χ3n) is 2.14. The Morgan fingerprint density at radius 1 is 1.24 bits per heavy atom. The predicted octanol–water partition coefficient (Wildman–Crippen LogP) is 2.75. The average Bonchev–Trinajstić information content (AvgIpc) is 2.28. The van der Waals surface area contributed by atoms with Crippen molar-refractivity contribution in [1.29, 1.82) is 0 Å². The molecule has 0 bridgehead atoms. The number of rotatable bonds is 3. The van der Waals surface area contributed by atoms with Crippen LogP contribution in [-0.4, -0.2) is 14.2 Å². The summed E-state index contributed by atoms with van der Waals surface area (Å²) in [5, 5.41) is 0.387. The largest absolute Gasteiger partial charge is 0.254 e. The Morgan fingerprint density at radius 2 is 1.94 bits per heavy atom. The van der Waals surface area contributed by atoms with Crippen LogP contribution in [0.3, 0.4) is 0 Å². The molecule has 2 aromatic rings. The molecular formula is C12H11ClN2OS. The van der Waals surface area contributed by atoms with Gasteiger partial charge in [0.15, 0.2) is 0 Å². The molecule has 5 heteroatoms. The van der Waals surface area contributed by atoms with Crippen LogP contribution in [-0.2, 0) is 16.6 Å². The molecule has 3 nitrogen and oxygen atoms in total. The van der Waals surface area contributed by atoms with E-state index in [1.54, 1.807) is 13.0 Å². The zero-order valence-corrected chi connectivity index (χ0v) is 10.8.